The second-order valence-corrected chi connectivity index (χ2v) is 8.41. The largest absolute Gasteiger partial charge is 0.454 e. The second-order valence-electron chi connectivity index (χ2n) is 8.41. The first-order valence-corrected chi connectivity index (χ1v) is 11.0. The maximum Gasteiger partial charge on any atom is 0.156 e. The number of fused-ring (bicyclic) bond motifs is 1. The molecule has 0 unspecified atom stereocenters. The zero-order chi connectivity index (χ0) is 20.5. The van der Waals surface area contributed by atoms with E-state index in [1.807, 2.05) is 0 Å². The SMILES string of the molecule is Cc1c(-c2ccccc2)cccc1-c1cc2cc(CN3CCCCC3)nc(C)c2o1. The quantitative estimate of drug-likeness (QED) is 0.381. The number of benzene rings is 2. The van der Waals surface area contributed by atoms with E-state index >= 15 is 0 Å². The van der Waals surface area contributed by atoms with Gasteiger partial charge in [-0.1, -0.05) is 55.0 Å². The summed E-state index contributed by atoms with van der Waals surface area (Å²) in [6.45, 7) is 7.53. The van der Waals surface area contributed by atoms with E-state index in [2.05, 4.69) is 79.4 Å². The molecule has 0 atom stereocenters. The van der Waals surface area contributed by atoms with Crippen LogP contribution >= 0.6 is 0 Å². The molecule has 0 spiro atoms. The van der Waals surface area contributed by atoms with Gasteiger partial charge >= 0.3 is 0 Å². The molecule has 0 bridgehead atoms. The summed E-state index contributed by atoms with van der Waals surface area (Å²) in [5.41, 5.74) is 7.87. The summed E-state index contributed by atoms with van der Waals surface area (Å²) in [5, 5.41) is 1.15. The zero-order valence-electron chi connectivity index (χ0n) is 17.8. The molecule has 0 N–H and O–H groups in total. The lowest BCUT2D eigenvalue weighted by Gasteiger charge is -2.26. The Hall–Kier alpha value is -2.91. The Balaban J connectivity index is 1.52. The summed E-state index contributed by atoms with van der Waals surface area (Å²) >= 11 is 0. The van der Waals surface area contributed by atoms with Crippen LogP contribution in [0.15, 0.2) is 65.1 Å². The maximum atomic E-state index is 6.33. The number of piperidine rings is 1. The fraction of sp³-hybridized carbons (Fsp3) is 0.296. The van der Waals surface area contributed by atoms with Crippen molar-refractivity contribution in [2.75, 3.05) is 13.1 Å². The van der Waals surface area contributed by atoms with Gasteiger partial charge in [-0.3, -0.25) is 9.88 Å². The molecule has 30 heavy (non-hydrogen) atoms. The molecule has 3 heterocycles. The smallest absolute Gasteiger partial charge is 0.156 e. The molecule has 1 aliphatic rings. The number of likely N-dealkylation sites (tertiary alicyclic amines) is 1. The average molecular weight is 397 g/mol. The van der Waals surface area contributed by atoms with Crippen LogP contribution in [0.3, 0.4) is 0 Å². The van der Waals surface area contributed by atoms with Gasteiger partial charge in [-0.25, -0.2) is 0 Å². The average Bonchev–Trinajstić information content (AvgIpc) is 3.20. The zero-order valence-corrected chi connectivity index (χ0v) is 17.8. The first kappa shape index (κ1) is 19.1. The highest BCUT2D eigenvalue weighted by atomic mass is 16.3. The minimum absolute atomic E-state index is 0.900. The number of rotatable bonds is 4. The molecule has 1 fully saturated rings. The number of aromatic nitrogens is 1. The first-order chi connectivity index (χ1) is 14.7. The first-order valence-electron chi connectivity index (χ1n) is 11.0. The molecular formula is C27H28N2O. The molecule has 3 heteroatoms. The Morgan fingerprint density at radius 1 is 0.867 bits per heavy atom. The molecule has 5 rings (SSSR count). The number of furan rings is 1. The van der Waals surface area contributed by atoms with Gasteiger partial charge < -0.3 is 4.42 Å². The van der Waals surface area contributed by atoms with E-state index in [1.54, 1.807) is 0 Å². The third-order valence-corrected chi connectivity index (χ3v) is 6.24. The summed E-state index contributed by atoms with van der Waals surface area (Å²) in [6, 6.07) is 21.4. The van der Waals surface area contributed by atoms with Crippen molar-refractivity contribution in [1.82, 2.24) is 9.88 Å². The van der Waals surface area contributed by atoms with Gasteiger partial charge in [0.2, 0.25) is 0 Å². The van der Waals surface area contributed by atoms with Gasteiger partial charge in [-0.2, -0.15) is 0 Å². The monoisotopic (exact) mass is 396 g/mol. The van der Waals surface area contributed by atoms with Crippen LogP contribution in [0.4, 0.5) is 0 Å². The maximum absolute atomic E-state index is 6.33. The van der Waals surface area contributed by atoms with Crippen molar-refractivity contribution in [3.05, 3.63) is 77.6 Å². The Morgan fingerprint density at radius 2 is 1.63 bits per heavy atom. The normalized spacial score (nSPS) is 15.0. The highest BCUT2D eigenvalue weighted by Gasteiger charge is 2.16. The Labute approximate surface area is 178 Å². The minimum Gasteiger partial charge on any atom is -0.454 e. The molecular weight excluding hydrogens is 368 g/mol. The van der Waals surface area contributed by atoms with Gasteiger partial charge in [-0.15, -0.1) is 0 Å². The van der Waals surface area contributed by atoms with Crippen molar-refractivity contribution in [2.24, 2.45) is 0 Å². The van der Waals surface area contributed by atoms with Crippen molar-refractivity contribution in [2.45, 2.75) is 39.7 Å². The third kappa shape index (κ3) is 3.66. The minimum atomic E-state index is 0.900. The predicted octanol–water partition coefficient (Wildman–Crippen LogP) is 6.76. The number of nitrogens with zero attached hydrogens (tertiary/aromatic N) is 2. The number of aryl methyl sites for hydroxylation is 1. The van der Waals surface area contributed by atoms with Gasteiger partial charge in [0.15, 0.2) is 5.58 Å². The van der Waals surface area contributed by atoms with E-state index in [1.165, 1.54) is 49.0 Å². The number of hydrogen-bond donors (Lipinski definition) is 0. The van der Waals surface area contributed by atoms with E-state index in [-0.39, 0.29) is 0 Å². The van der Waals surface area contributed by atoms with Crippen LogP contribution in [0.5, 0.6) is 0 Å². The van der Waals surface area contributed by atoms with Crippen molar-refractivity contribution < 1.29 is 4.42 Å². The Kier molecular flexibility index (Phi) is 5.14. The van der Waals surface area contributed by atoms with Gasteiger partial charge in [0.05, 0.1) is 11.4 Å². The van der Waals surface area contributed by atoms with E-state index < -0.39 is 0 Å². The molecule has 4 aromatic rings. The topological polar surface area (TPSA) is 29.3 Å². The molecule has 1 saturated heterocycles. The van der Waals surface area contributed by atoms with E-state index in [9.17, 15) is 0 Å². The third-order valence-electron chi connectivity index (χ3n) is 6.24. The second kappa shape index (κ2) is 8.08. The lowest BCUT2D eigenvalue weighted by atomic mass is 9.95. The fourth-order valence-electron chi connectivity index (χ4n) is 4.67. The van der Waals surface area contributed by atoms with E-state index in [0.29, 0.717) is 0 Å². The lowest BCUT2D eigenvalue weighted by molar-refractivity contribution is 0.218. The van der Waals surface area contributed by atoms with Gasteiger partial charge in [-0.05, 0) is 68.6 Å². The molecule has 3 nitrogen and oxygen atoms in total. The molecule has 1 aliphatic heterocycles. The summed E-state index contributed by atoms with van der Waals surface area (Å²) in [6.07, 6.45) is 3.96. The molecule has 0 aliphatic carbocycles. The summed E-state index contributed by atoms with van der Waals surface area (Å²) < 4.78 is 6.33. The van der Waals surface area contributed by atoms with Crippen LogP contribution in [0.2, 0.25) is 0 Å². The molecule has 2 aromatic heterocycles. The van der Waals surface area contributed by atoms with E-state index in [0.717, 1.165) is 40.2 Å². The number of hydrogen-bond acceptors (Lipinski definition) is 3. The molecule has 0 radical (unpaired) electrons. The number of pyridine rings is 1. The predicted molar refractivity (Wildman–Crippen MR) is 123 cm³/mol. The van der Waals surface area contributed by atoms with Crippen LogP contribution in [0, 0.1) is 13.8 Å². The van der Waals surface area contributed by atoms with Gasteiger partial charge in [0.1, 0.15) is 5.76 Å². The van der Waals surface area contributed by atoms with Crippen LogP contribution in [0.1, 0.15) is 36.2 Å². The van der Waals surface area contributed by atoms with Crippen molar-refractivity contribution in [1.29, 1.82) is 0 Å². The highest BCUT2D eigenvalue weighted by Crippen LogP contribution is 2.35. The highest BCUT2D eigenvalue weighted by molar-refractivity contribution is 5.86. The van der Waals surface area contributed by atoms with Crippen molar-refractivity contribution >= 4 is 11.0 Å². The summed E-state index contributed by atoms with van der Waals surface area (Å²) in [4.78, 5) is 7.37. The fourth-order valence-corrected chi connectivity index (χ4v) is 4.67. The summed E-state index contributed by atoms with van der Waals surface area (Å²) in [7, 11) is 0. The summed E-state index contributed by atoms with van der Waals surface area (Å²) in [5.74, 6) is 0.917. The van der Waals surface area contributed by atoms with Crippen LogP contribution in [-0.4, -0.2) is 23.0 Å². The van der Waals surface area contributed by atoms with Crippen LogP contribution in [0.25, 0.3) is 33.4 Å². The van der Waals surface area contributed by atoms with Crippen LogP contribution < -0.4 is 0 Å². The van der Waals surface area contributed by atoms with Crippen LogP contribution in [-0.2, 0) is 6.54 Å². The van der Waals surface area contributed by atoms with Crippen molar-refractivity contribution in [3.63, 3.8) is 0 Å². The van der Waals surface area contributed by atoms with Crippen molar-refractivity contribution in [3.8, 4) is 22.5 Å². The molecule has 0 saturated carbocycles. The lowest BCUT2D eigenvalue weighted by Crippen LogP contribution is -2.29. The molecule has 2 aromatic carbocycles. The standard InChI is InChI=1S/C27H28N2O/c1-19-24(21-10-5-3-6-11-21)12-9-13-25(19)26-17-22-16-23(28-20(2)27(22)30-26)18-29-14-7-4-8-15-29/h3,5-6,9-13,16-17H,4,7-8,14-15,18H2,1-2H3. The molecule has 0 amide bonds. The van der Waals surface area contributed by atoms with Gasteiger partial charge in [0.25, 0.3) is 0 Å². The van der Waals surface area contributed by atoms with E-state index in [4.69, 9.17) is 9.40 Å². The Morgan fingerprint density at radius 3 is 2.43 bits per heavy atom. The van der Waals surface area contributed by atoms with Gasteiger partial charge in [0, 0.05) is 17.5 Å². The molecule has 152 valence electrons. The Bertz CT molecular complexity index is 1170.